The Morgan fingerprint density at radius 2 is 2.00 bits per heavy atom. The van der Waals surface area contributed by atoms with Crippen LogP contribution in [0.25, 0.3) is 0 Å². The summed E-state index contributed by atoms with van der Waals surface area (Å²) in [6.45, 7) is 3.89. The number of ether oxygens (including phenoxy) is 2. The van der Waals surface area contributed by atoms with Gasteiger partial charge in [0.25, 0.3) is 0 Å². The van der Waals surface area contributed by atoms with E-state index in [0.717, 1.165) is 19.6 Å². The molecule has 1 unspecified atom stereocenters. The van der Waals surface area contributed by atoms with Gasteiger partial charge in [-0.1, -0.05) is 18.6 Å². The maximum atomic E-state index is 5.94. The molecule has 0 aromatic rings. The second-order valence-electron chi connectivity index (χ2n) is 4.90. The fourth-order valence-electron chi connectivity index (χ4n) is 3.44. The third-order valence-electron chi connectivity index (χ3n) is 4.29. The van der Waals surface area contributed by atoms with E-state index in [4.69, 9.17) is 9.47 Å². The molecular weight excluding hydrogens is 176 g/mol. The van der Waals surface area contributed by atoms with E-state index in [0.29, 0.717) is 0 Å². The third kappa shape index (κ3) is 0.934. The average Bonchev–Trinajstić information content (AvgIpc) is 2.76. The van der Waals surface area contributed by atoms with Gasteiger partial charge < -0.3 is 9.47 Å². The smallest absolute Gasteiger partial charge is 0.177 e. The molecule has 0 aromatic heterocycles. The van der Waals surface area contributed by atoms with Crippen LogP contribution in [0.15, 0.2) is 11.6 Å². The molecule has 1 atom stereocenters. The summed E-state index contributed by atoms with van der Waals surface area (Å²) in [7, 11) is 0. The molecule has 1 heterocycles. The van der Waals surface area contributed by atoms with Crippen LogP contribution in [0.3, 0.4) is 0 Å². The van der Waals surface area contributed by atoms with Gasteiger partial charge in [0.15, 0.2) is 5.79 Å². The molecule has 1 saturated carbocycles. The van der Waals surface area contributed by atoms with E-state index in [1.54, 1.807) is 5.57 Å². The molecule has 0 N–H and O–H groups in total. The van der Waals surface area contributed by atoms with Crippen LogP contribution < -0.4 is 0 Å². The maximum absolute atomic E-state index is 5.94. The molecule has 0 radical (unpaired) electrons. The lowest BCUT2D eigenvalue weighted by Crippen LogP contribution is -2.49. The van der Waals surface area contributed by atoms with Crippen molar-refractivity contribution in [3.63, 3.8) is 0 Å². The lowest BCUT2D eigenvalue weighted by Gasteiger charge is -2.47. The molecular formula is C12H18O2. The van der Waals surface area contributed by atoms with Gasteiger partial charge in [0.2, 0.25) is 0 Å². The number of hydrogen-bond donors (Lipinski definition) is 0. The molecule has 3 rings (SSSR count). The zero-order valence-corrected chi connectivity index (χ0v) is 8.84. The van der Waals surface area contributed by atoms with Gasteiger partial charge in [0.1, 0.15) is 0 Å². The molecule has 2 aliphatic carbocycles. The van der Waals surface area contributed by atoms with E-state index in [1.807, 2.05) is 0 Å². The SMILES string of the molecule is CC12CCC=C1CCCC21OCCO1. The summed E-state index contributed by atoms with van der Waals surface area (Å²) < 4.78 is 11.9. The highest BCUT2D eigenvalue weighted by molar-refractivity contribution is 5.26. The lowest BCUT2D eigenvalue weighted by atomic mass is 9.68. The average molecular weight is 194 g/mol. The van der Waals surface area contributed by atoms with Crippen LogP contribution in [-0.2, 0) is 9.47 Å². The molecule has 2 nitrogen and oxygen atoms in total. The van der Waals surface area contributed by atoms with Crippen LogP contribution in [0, 0.1) is 5.41 Å². The van der Waals surface area contributed by atoms with Crippen molar-refractivity contribution in [1.82, 2.24) is 0 Å². The van der Waals surface area contributed by atoms with Gasteiger partial charge in [-0.2, -0.15) is 0 Å². The molecule has 2 heteroatoms. The molecule has 3 aliphatic rings. The van der Waals surface area contributed by atoms with E-state index in [2.05, 4.69) is 13.0 Å². The zero-order valence-electron chi connectivity index (χ0n) is 8.84. The first kappa shape index (κ1) is 8.93. The Balaban J connectivity index is 2.01. The Kier molecular flexibility index (Phi) is 1.80. The molecule has 1 saturated heterocycles. The summed E-state index contributed by atoms with van der Waals surface area (Å²) in [4.78, 5) is 0. The highest BCUT2D eigenvalue weighted by atomic mass is 16.7. The zero-order chi connectivity index (χ0) is 9.65. The van der Waals surface area contributed by atoms with Crippen molar-refractivity contribution in [1.29, 1.82) is 0 Å². The van der Waals surface area contributed by atoms with Crippen molar-refractivity contribution in [3.8, 4) is 0 Å². The van der Waals surface area contributed by atoms with E-state index in [-0.39, 0.29) is 11.2 Å². The van der Waals surface area contributed by atoms with Crippen molar-refractivity contribution in [2.45, 2.75) is 44.8 Å². The van der Waals surface area contributed by atoms with E-state index in [1.165, 1.54) is 25.7 Å². The van der Waals surface area contributed by atoms with Crippen molar-refractivity contribution < 1.29 is 9.47 Å². The van der Waals surface area contributed by atoms with Gasteiger partial charge in [0.05, 0.1) is 13.2 Å². The van der Waals surface area contributed by atoms with Gasteiger partial charge in [-0.15, -0.1) is 0 Å². The second kappa shape index (κ2) is 2.83. The van der Waals surface area contributed by atoms with Gasteiger partial charge in [0, 0.05) is 11.8 Å². The summed E-state index contributed by atoms with van der Waals surface area (Å²) in [5.74, 6) is -0.256. The fourth-order valence-corrected chi connectivity index (χ4v) is 3.44. The van der Waals surface area contributed by atoms with Crippen LogP contribution in [0.4, 0.5) is 0 Å². The quantitative estimate of drug-likeness (QED) is 0.552. The van der Waals surface area contributed by atoms with Crippen LogP contribution in [0.2, 0.25) is 0 Å². The van der Waals surface area contributed by atoms with Crippen molar-refractivity contribution >= 4 is 0 Å². The molecule has 1 aliphatic heterocycles. The molecule has 78 valence electrons. The highest BCUT2D eigenvalue weighted by Crippen LogP contribution is 2.57. The lowest BCUT2D eigenvalue weighted by molar-refractivity contribution is -0.233. The topological polar surface area (TPSA) is 18.5 Å². The monoisotopic (exact) mass is 194 g/mol. The Morgan fingerprint density at radius 3 is 2.79 bits per heavy atom. The van der Waals surface area contributed by atoms with Crippen LogP contribution in [-0.4, -0.2) is 19.0 Å². The van der Waals surface area contributed by atoms with E-state index >= 15 is 0 Å². The third-order valence-corrected chi connectivity index (χ3v) is 4.29. The van der Waals surface area contributed by atoms with Crippen LogP contribution in [0.1, 0.15) is 39.0 Å². The Morgan fingerprint density at radius 1 is 1.21 bits per heavy atom. The molecule has 14 heavy (non-hydrogen) atoms. The van der Waals surface area contributed by atoms with E-state index < -0.39 is 0 Å². The molecule has 0 amide bonds. The maximum Gasteiger partial charge on any atom is 0.177 e. The van der Waals surface area contributed by atoms with Crippen molar-refractivity contribution in [2.24, 2.45) is 5.41 Å². The first-order valence-corrected chi connectivity index (χ1v) is 5.74. The predicted molar refractivity (Wildman–Crippen MR) is 53.9 cm³/mol. The second-order valence-corrected chi connectivity index (χ2v) is 4.90. The van der Waals surface area contributed by atoms with Crippen LogP contribution >= 0.6 is 0 Å². The summed E-state index contributed by atoms with van der Waals surface area (Å²) >= 11 is 0. The Hall–Kier alpha value is -0.340. The molecule has 2 fully saturated rings. The largest absolute Gasteiger partial charge is 0.347 e. The molecule has 1 spiro atoms. The summed E-state index contributed by atoms with van der Waals surface area (Å²) in [6.07, 6.45) is 8.39. The summed E-state index contributed by atoms with van der Waals surface area (Å²) in [5.41, 5.74) is 1.77. The van der Waals surface area contributed by atoms with Gasteiger partial charge in [-0.25, -0.2) is 0 Å². The molecule has 0 bridgehead atoms. The van der Waals surface area contributed by atoms with Crippen molar-refractivity contribution in [2.75, 3.05) is 13.2 Å². The van der Waals surface area contributed by atoms with Gasteiger partial charge >= 0.3 is 0 Å². The normalized spacial score (nSPS) is 39.9. The minimum absolute atomic E-state index is 0.182. The Labute approximate surface area is 85.3 Å². The number of hydrogen-bond acceptors (Lipinski definition) is 2. The first-order valence-electron chi connectivity index (χ1n) is 5.74. The number of rotatable bonds is 0. The minimum Gasteiger partial charge on any atom is -0.347 e. The fraction of sp³-hybridized carbons (Fsp3) is 0.833. The summed E-state index contributed by atoms with van der Waals surface area (Å²) in [6, 6.07) is 0. The van der Waals surface area contributed by atoms with Crippen LogP contribution in [0.5, 0.6) is 0 Å². The number of allylic oxidation sites excluding steroid dienone is 1. The highest BCUT2D eigenvalue weighted by Gasteiger charge is 2.57. The van der Waals surface area contributed by atoms with Crippen molar-refractivity contribution in [3.05, 3.63) is 11.6 Å². The minimum atomic E-state index is -0.256. The predicted octanol–water partition coefficient (Wildman–Crippen LogP) is 2.64. The molecule has 0 aromatic carbocycles. The number of fused-ring (bicyclic) bond motifs is 2. The summed E-state index contributed by atoms with van der Waals surface area (Å²) in [5, 5.41) is 0. The standard InChI is InChI=1S/C12H18O2/c1-11-6-2-4-10(11)5-3-7-12(11)13-8-9-14-12/h4H,2-3,5-9H2,1H3. The Bertz CT molecular complexity index is 276. The van der Waals surface area contributed by atoms with E-state index in [9.17, 15) is 0 Å². The van der Waals surface area contributed by atoms with Gasteiger partial charge in [-0.3, -0.25) is 0 Å². The first-order chi connectivity index (χ1) is 6.77. The van der Waals surface area contributed by atoms with Gasteiger partial charge in [-0.05, 0) is 25.7 Å².